The van der Waals surface area contributed by atoms with E-state index in [0.29, 0.717) is 13.0 Å². The largest absolute Gasteiger partial charge is 0.272 e. The van der Waals surface area contributed by atoms with E-state index in [1.807, 2.05) is 13.1 Å². The maximum Gasteiger partial charge on any atom is 0.147 e. The summed E-state index contributed by atoms with van der Waals surface area (Å²) in [6.07, 6.45) is 5.37. The molecule has 0 aliphatic carbocycles. The SMILES string of the molecule is CC(Cl)c1cnn(CCCS(C)(=O)=O)c1. The highest BCUT2D eigenvalue weighted by Crippen LogP contribution is 2.17. The van der Waals surface area contributed by atoms with Crippen LogP contribution in [-0.2, 0) is 16.4 Å². The Hall–Kier alpha value is -0.550. The molecule has 0 spiro atoms. The monoisotopic (exact) mass is 250 g/mol. The topological polar surface area (TPSA) is 52.0 Å². The van der Waals surface area contributed by atoms with Gasteiger partial charge in [0, 0.05) is 24.6 Å². The maximum atomic E-state index is 10.9. The molecule has 1 aromatic heterocycles. The van der Waals surface area contributed by atoms with Gasteiger partial charge in [-0.1, -0.05) is 0 Å². The second-order valence-corrected chi connectivity index (χ2v) is 6.55. The summed E-state index contributed by atoms with van der Waals surface area (Å²) in [6, 6.07) is 0. The zero-order valence-corrected chi connectivity index (χ0v) is 10.4. The molecule has 0 saturated carbocycles. The van der Waals surface area contributed by atoms with Gasteiger partial charge in [0.1, 0.15) is 9.84 Å². The van der Waals surface area contributed by atoms with Gasteiger partial charge in [-0.25, -0.2) is 8.42 Å². The maximum absolute atomic E-state index is 10.9. The molecule has 1 aromatic rings. The van der Waals surface area contributed by atoms with Gasteiger partial charge in [0.2, 0.25) is 0 Å². The number of sulfone groups is 1. The summed E-state index contributed by atoms with van der Waals surface area (Å²) in [7, 11) is -2.87. The van der Waals surface area contributed by atoms with Crippen LogP contribution in [0.15, 0.2) is 12.4 Å². The van der Waals surface area contributed by atoms with Gasteiger partial charge in [-0.15, -0.1) is 11.6 Å². The average molecular weight is 251 g/mol. The number of aryl methyl sites for hydroxylation is 1. The van der Waals surface area contributed by atoms with Crippen LogP contribution < -0.4 is 0 Å². The van der Waals surface area contributed by atoms with Crippen LogP contribution in [0, 0.1) is 0 Å². The number of nitrogens with zero attached hydrogens (tertiary/aromatic N) is 2. The van der Waals surface area contributed by atoms with Gasteiger partial charge in [0.25, 0.3) is 0 Å². The molecule has 4 nitrogen and oxygen atoms in total. The lowest BCUT2D eigenvalue weighted by molar-refractivity contribution is 0.576. The normalized spacial score (nSPS) is 14.1. The number of rotatable bonds is 5. The molecule has 1 atom stereocenters. The standard InChI is InChI=1S/C9H15ClN2O2S/c1-8(10)9-6-11-12(7-9)4-3-5-15(2,13)14/h6-8H,3-5H2,1-2H3. The quantitative estimate of drug-likeness (QED) is 0.747. The Kier molecular flexibility index (Phi) is 4.16. The number of hydrogen-bond acceptors (Lipinski definition) is 3. The molecule has 0 aliphatic heterocycles. The van der Waals surface area contributed by atoms with E-state index in [1.54, 1.807) is 10.9 Å². The first-order chi connectivity index (χ1) is 6.88. The Morgan fingerprint density at radius 2 is 2.27 bits per heavy atom. The van der Waals surface area contributed by atoms with Crippen LogP contribution in [0.1, 0.15) is 24.3 Å². The molecule has 0 bridgehead atoms. The summed E-state index contributed by atoms with van der Waals surface area (Å²) in [5.41, 5.74) is 0.955. The van der Waals surface area contributed by atoms with E-state index in [4.69, 9.17) is 11.6 Å². The van der Waals surface area contributed by atoms with E-state index in [-0.39, 0.29) is 11.1 Å². The van der Waals surface area contributed by atoms with E-state index in [0.717, 1.165) is 5.56 Å². The van der Waals surface area contributed by atoms with E-state index < -0.39 is 9.84 Å². The molecule has 0 aromatic carbocycles. The first-order valence-corrected chi connectivity index (χ1v) is 7.22. The molecule has 1 unspecified atom stereocenters. The van der Waals surface area contributed by atoms with Crippen molar-refractivity contribution in [2.45, 2.75) is 25.3 Å². The molecule has 0 amide bonds. The molecular weight excluding hydrogens is 236 g/mol. The van der Waals surface area contributed by atoms with Crippen molar-refractivity contribution in [1.29, 1.82) is 0 Å². The van der Waals surface area contributed by atoms with Crippen molar-refractivity contribution >= 4 is 21.4 Å². The number of aromatic nitrogens is 2. The second kappa shape index (κ2) is 4.99. The summed E-state index contributed by atoms with van der Waals surface area (Å²) in [5.74, 6) is 0.193. The molecule has 0 aliphatic rings. The summed E-state index contributed by atoms with van der Waals surface area (Å²) < 4.78 is 23.5. The Balaban J connectivity index is 2.45. The Labute approximate surface area is 95.2 Å². The van der Waals surface area contributed by atoms with Gasteiger partial charge in [0.05, 0.1) is 17.3 Å². The summed E-state index contributed by atoms with van der Waals surface area (Å²) in [6.45, 7) is 2.48. The van der Waals surface area contributed by atoms with Crippen LogP contribution in [0.3, 0.4) is 0 Å². The van der Waals surface area contributed by atoms with Crippen molar-refractivity contribution in [2.24, 2.45) is 0 Å². The van der Waals surface area contributed by atoms with Crippen molar-refractivity contribution in [2.75, 3.05) is 12.0 Å². The first kappa shape index (κ1) is 12.5. The van der Waals surface area contributed by atoms with Crippen molar-refractivity contribution in [3.05, 3.63) is 18.0 Å². The molecule has 0 radical (unpaired) electrons. The molecular formula is C9H15ClN2O2S. The Morgan fingerprint density at radius 3 is 2.73 bits per heavy atom. The van der Waals surface area contributed by atoms with Crippen LogP contribution in [0.5, 0.6) is 0 Å². The minimum Gasteiger partial charge on any atom is -0.272 e. The predicted octanol–water partition coefficient (Wildman–Crippen LogP) is 1.62. The van der Waals surface area contributed by atoms with Gasteiger partial charge in [-0.05, 0) is 13.3 Å². The number of halogens is 1. The van der Waals surface area contributed by atoms with Crippen LogP contribution in [-0.4, -0.2) is 30.2 Å². The van der Waals surface area contributed by atoms with Crippen LogP contribution in [0.2, 0.25) is 0 Å². The van der Waals surface area contributed by atoms with Crippen LogP contribution in [0.4, 0.5) is 0 Å². The van der Waals surface area contributed by atoms with E-state index >= 15 is 0 Å². The van der Waals surface area contributed by atoms with Crippen molar-refractivity contribution < 1.29 is 8.42 Å². The third-order valence-corrected chi connectivity index (χ3v) is 3.30. The van der Waals surface area contributed by atoms with Gasteiger partial charge in [-0.3, -0.25) is 4.68 Å². The Bertz CT molecular complexity index is 412. The molecule has 0 N–H and O–H groups in total. The first-order valence-electron chi connectivity index (χ1n) is 4.72. The van der Waals surface area contributed by atoms with Gasteiger partial charge >= 0.3 is 0 Å². The van der Waals surface area contributed by atoms with Gasteiger partial charge in [0.15, 0.2) is 0 Å². The molecule has 15 heavy (non-hydrogen) atoms. The lowest BCUT2D eigenvalue weighted by Gasteiger charge is -2.00. The van der Waals surface area contributed by atoms with E-state index in [1.165, 1.54) is 6.26 Å². The molecule has 0 fully saturated rings. The fourth-order valence-electron chi connectivity index (χ4n) is 1.20. The predicted molar refractivity (Wildman–Crippen MR) is 60.8 cm³/mol. The molecule has 0 saturated heterocycles. The summed E-state index contributed by atoms with van der Waals surface area (Å²) in [4.78, 5) is 0. The fraction of sp³-hybridized carbons (Fsp3) is 0.667. The average Bonchev–Trinajstić information content (AvgIpc) is 2.50. The Morgan fingerprint density at radius 1 is 1.60 bits per heavy atom. The molecule has 6 heteroatoms. The molecule has 1 heterocycles. The minimum absolute atomic E-state index is 0.0614. The number of hydrogen-bond donors (Lipinski definition) is 0. The van der Waals surface area contributed by atoms with Crippen molar-refractivity contribution in [3.63, 3.8) is 0 Å². The zero-order chi connectivity index (χ0) is 11.5. The third-order valence-electron chi connectivity index (χ3n) is 2.01. The highest BCUT2D eigenvalue weighted by molar-refractivity contribution is 7.90. The van der Waals surface area contributed by atoms with E-state index in [9.17, 15) is 8.42 Å². The van der Waals surface area contributed by atoms with E-state index in [2.05, 4.69) is 5.10 Å². The number of alkyl halides is 1. The lowest BCUT2D eigenvalue weighted by atomic mass is 10.3. The fourth-order valence-corrected chi connectivity index (χ4v) is 1.96. The zero-order valence-electron chi connectivity index (χ0n) is 8.85. The molecule has 1 rings (SSSR count). The van der Waals surface area contributed by atoms with Crippen LogP contribution in [0.25, 0.3) is 0 Å². The third kappa shape index (κ3) is 4.66. The highest BCUT2D eigenvalue weighted by Gasteiger charge is 2.05. The van der Waals surface area contributed by atoms with Gasteiger partial charge < -0.3 is 0 Å². The van der Waals surface area contributed by atoms with Gasteiger partial charge in [-0.2, -0.15) is 5.10 Å². The molecule has 86 valence electrons. The lowest BCUT2D eigenvalue weighted by Crippen LogP contribution is -2.07. The second-order valence-electron chi connectivity index (χ2n) is 3.64. The highest BCUT2D eigenvalue weighted by atomic mass is 35.5. The summed E-state index contributed by atoms with van der Waals surface area (Å²) in [5, 5.41) is 4.03. The van der Waals surface area contributed by atoms with Crippen LogP contribution >= 0.6 is 11.6 Å². The smallest absolute Gasteiger partial charge is 0.147 e. The summed E-state index contributed by atoms with van der Waals surface area (Å²) >= 11 is 5.87. The van der Waals surface area contributed by atoms with Crippen molar-refractivity contribution in [3.8, 4) is 0 Å². The van der Waals surface area contributed by atoms with Crippen molar-refractivity contribution in [1.82, 2.24) is 9.78 Å². The minimum atomic E-state index is -2.87.